The van der Waals surface area contributed by atoms with E-state index in [1.165, 1.54) is 0 Å². The van der Waals surface area contributed by atoms with Crippen LogP contribution in [0.25, 0.3) is 0 Å². The van der Waals surface area contributed by atoms with Crippen molar-refractivity contribution in [2.45, 2.75) is 51.9 Å². The quantitative estimate of drug-likeness (QED) is 0.610. The van der Waals surface area contributed by atoms with Crippen LogP contribution in [0.3, 0.4) is 0 Å². The zero-order valence-corrected chi connectivity index (χ0v) is 12.9. The molecule has 21 heavy (non-hydrogen) atoms. The molecule has 1 heterocycles. The van der Waals surface area contributed by atoms with Gasteiger partial charge in [-0.2, -0.15) is 0 Å². The average Bonchev–Trinajstić information content (AvgIpc) is 3.07. The standard InChI is InChI=1S/C18H22O3/c1-17(2,3)16-20-15(19)18(21-16,14-11-7-8-12-14)13-9-5-4-6-10-13/h4-6,9-11,16H,7-8,12H2,1-3H3. The Balaban J connectivity index is 2.08. The van der Waals surface area contributed by atoms with Gasteiger partial charge in [0.1, 0.15) is 0 Å². The fourth-order valence-electron chi connectivity index (χ4n) is 3.01. The van der Waals surface area contributed by atoms with Crippen molar-refractivity contribution in [1.82, 2.24) is 0 Å². The Bertz CT molecular complexity index is 568. The van der Waals surface area contributed by atoms with Crippen LogP contribution in [0.5, 0.6) is 0 Å². The smallest absolute Gasteiger partial charge is 0.350 e. The lowest BCUT2D eigenvalue weighted by molar-refractivity contribution is -0.155. The number of carbonyl (C=O) groups is 1. The summed E-state index contributed by atoms with van der Waals surface area (Å²) in [6.07, 6.45) is 4.58. The summed E-state index contributed by atoms with van der Waals surface area (Å²) in [7, 11) is 0. The third-order valence-corrected chi connectivity index (χ3v) is 4.17. The van der Waals surface area contributed by atoms with Gasteiger partial charge in [0.2, 0.25) is 11.9 Å². The van der Waals surface area contributed by atoms with Gasteiger partial charge >= 0.3 is 5.97 Å². The maximum atomic E-state index is 12.8. The summed E-state index contributed by atoms with van der Waals surface area (Å²) in [5.74, 6) is -0.276. The molecular weight excluding hydrogens is 264 g/mol. The molecule has 1 aromatic rings. The topological polar surface area (TPSA) is 35.5 Å². The van der Waals surface area contributed by atoms with E-state index in [4.69, 9.17) is 9.47 Å². The highest BCUT2D eigenvalue weighted by atomic mass is 16.8. The van der Waals surface area contributed by atoms with Crippen LogP contribution in [0.1, 0.15) is 45.6 Å². The van der Waals surface area contributed by atoms with Crippen LogP contribution < -0.4 is 0 Å². The highest BCUT2D eigenvalue weighted by Gasteiger charge is 2.56. The van der Waals surface area contributed by atoms with Gasteiger partial charge in [-0.05, 0) is 30.4 Å². The molecule has 0 amide bonds. The lowest BCUT2D eigenvalue weighted by atomic mass is 9.85. The van der Waals surface area contributed by atoms with Gasteiger partial charge in [-0.3, -0.25) is 0 Å². The van der Waals surface area contributed by atoms with Gasteiger partial charge in [0.05, 0.1) is 0 Å². The first-order chi connectivity index (χ1) is 9.94. The number of rotatable bonds is 2. The van der Waals surface area contributed by atoms with Gasteiger partial charge in [-0.15, -0.1) is 0 Å². The molecule has 1 saturated heterocycles. The minimum Gasteiger partial charge on any atom is -0.432 e. The molecule has 1 aromatic carbocycles. The molecule has 3 rings (SSSR count). The average molecular weight is 286 g/mol. The Hall–Kier alpha value is -1.61. The number of hydrogen-bond acceptors (Lipinski definition) is 3. The Morgan fingerprint density at radius 3 is 2.43 bits per heavy atom. The Labute approximate surface area is 125 Å². The summed E-state index contributed by atoms with van der Waals surface area (Å²) in [6.45, 7) is 6.07. The fraction of sp³-hybridized carbons (Fsp3) is 0.500. The second kappa shape index (κ2) is 4.99. The molecule has 0 N–H and O–H groups in total. The largest absolute Gasteiger partial charge is 0.432 e. The summed E-state index contributed by atoms with van der Waals surface area (Å²) >= 11 is 0. The molecule has 0 saturated carbocycles. The van der Waals surface area contributed by atoms with Crippen LogP contribution in [0.4, 0.5) is 0 Å². The molecule has 0 radical (unpaired) electrons. The predicted octanol–water partition coefficient (Wildman–Crippen LogP) is 3.94. The summed E-state index contributed by atoms with van der Waals surface area (Å²) in [4.78, 5) is 12.8. The molecule has 3 nitrogen and oxygen atoms in total. The van der Waals surface area contributed by atoms with Crippen molar-refractivity contribution >= 4 is 5.97 Å². The SMILES string of the molecule is CC(C)(C)C1OC(=O)C(C2=CCCC2)(c2ccccc2)O1. The summed E-state index contributed by atoms with van der Waals surface area (Å²) in [5, 5.41) is 0. The van der Waals surface area contributed by atoms with E-state index in [1.54, 1.807) is 0 Å². The van der Waals surface area contributed by atoms with Crippen molar-refractivity contribution in [3.63, 3.8) is 0 Å². The lowest BCUT2D eigenvalue weighted by Gasteiger charge is -2.29. The number of cyclic esters (lactones) is 1. The number of hydrogen-bond donors (Lipinski definition) is 0. The van der Waals surface area contributed by atoms with Crippen LogP contribution >= 0.6 is 0 Å². The molecule has 1 fully saturated rings. The summed E-state index contributed by atoms with van der Waals surface area (Å²) in [5.41, 5.74) is 0.626. The van der Waals surface area contributed by atoms with E-state index < -0.39 is 11.9 Å². The van der Waals surface area contributed by atoms with Gasteiger partial charge in [0.15, 0.2) is 0 Å². The lowest BCUT2D eigenvalue weighted by Crippen LogP contribution is -2.36. The minimum absolute atomic E-state index is 0.245. The van der Waals surface area contributed by atoms with Crippen LogP contribution in [-0.2, 0) is 19.9 Å². The molecule has 2 aliphatic rings. The zero-order chi connectivity index (χ0) is 15.1. The predicted molar refractivity (Wildman–Crippen MR) is 80.5 cm³/mol. The molecule has 0 spiro atoms. The first-order valence-electron chi connectivity index (χ1n) is 7.58. The van der Waals surface area contributed by atoms with Gasteiger partial charge in [-0.25, -0.2) is 4.79 Å². The Morgan fingerprint density at radius 1 is 1.19 bits per heavy atom. The molecule has 3 heteroatoms. The molecule has 1 aliphatic carbocycles. The van der Waals surface area contributed by atoms with Crippen LogP contribution in [0.2, 0.25) is 0 Å². The molecule has 112 valence electrons. The fourth-order valence-corrected chi connectivity index (χ4v) is 3.01. The minimum atomic E-state index is -1.05. The van der Waals surface area contributed by atoms with Gasteiger partial charge in [0.25, 0.3) is 0 Å². The van der Waals surface area contributed by atoms with E-state index in [0.717, 1.165) is 30.4 Å². The summed E-state index contributed by atoms with van der Waals surface area (Å²) < 4.78 is 11.9. The monoisotopic (exact) mass is 286 g/mol. The zero-order valence-electron chi connectivity index (χ0n) is 12.9. The van der Waals surface area contributed by atoms with Crippen molar-refractivity contribution in [2.75, 3.05) is 0 Å². The number of ether oxygens (including phenoxy) is 2. The molecule has 2 atom stereocenters. The number of carbonyl (C=O) groups excluding carboxylic acids is 1. The maximum absolute atomic E-state index is 12.8. The van der Waals surface area contributed by atoms with E-state index in [0.29, 0.717) is 0 Å². The van der Waals surface area contributed by atoms with E-state index in [-0.39, 0.29) is 11.4 Å². The van der Waals surface area contributed by atoms with Crippen molar-refractivity contribution < 1.29 is 14.3 Å². The first kappa shape index (κ1) is 14.3. The second-order valence-electron chi connectivity index (χ2n) is 6.89. The van der Waals surface area contributed by atoms with E-state index >= 15 is 0 Å². The first-order valence-corrected chi connectivity index (χ1v) is 7.58. The number of esters is 1. The molecule has 0 aromatic heterocycles. The normalized spacial score (nSPS) is 29.4. The van der Waals surface area contributed by atoms with Crippen LogP contribution in [0.15, 0.2) is 42.0 Å². The van der Waals surface area contributed by atoms with Crippen molar-refractivity contribution in [3.8, 4) is 0 Å². The maximum Gasteiger partial charge on any atom is 0.350 e. The molecule has 1 aliphatic heterocycles. The Kier molecular flexibility index (Phi) is 3.40. The number of benzene rings is 1. The number of allylic oxidation sites excluding steroid dienone is 1. The van der Waals surface area contributed by atoms with Crippen molar-refractivity contribution in [3.05, 3.63) is 47.5 Å². The van der Waals surface area contributed by atoms with Gasteiger partial charge < -0.3 is 9.47 Å². The van der Waals surface area contributed by atoms with Crippen molar-refractivity contribution in [2.24, 2.45) is 5.41 Å². The third-order valence-electron chi connectivity index (χ3n) is 4.17. The summed E-state index contributed by atoms with van der Waals surface area (Å²) in [6, 6.07) is 9.72. The van der Waals surface area contributed by atoms with E-state index in [9.17, 15) is 4.79 Å². The van der Waals surface area contributed by atoms with Gasteiger partial charge in [0, 0.05) is 5.41 Å². The molecule has 0 bridgehead atoms. The van der Waals surface area contributed by atoms with Crippen LogP contribution in [0, 0.1) is 5.41 Å². The van der Waals surface area contributed by atoms with E-state index in [2.05, 4.69) is 6.08 Å². The van der Waals surface area contributed by atoms with Crippen LogP contribution in [-0.4, -0.2) is 12.3 Å². The highest BCUT2D eigenvalue weighted by molar-refractivity contribution is 5.87. The second-order valence-corrected chi connectivity index (χ2v) is 6.89. The highest BCUT2D eigenvalue weighted by Crippen LogP contribution is 2.48. The molecule has 2 unspecified atom stereocenters. The molecular formula is C18H22O3. The van der Waals surface area contributed by atoms with Gasteiger partial charge in [-0.1, -0.05) is 57.2 Å². The van der Waals surface area contributed by atoms with Crippen molar-refractivity contribution in [1.29, 1.82) is 0 Å². The Morgan fingerprint density at radius 2 is 1.90 bits per heavy atom. The van der Waals surface area contributed by atoms with E-state index in [1.807, 2.05) is 51.1 Å². The third kappa shape index (κ3) is 2.30.